The Kier molecular flexibility index (Phi) is 8.20. The van der Waals surface area contributed by atoms with Gasteiger partial charge in [-0.15, -0.1) is 0 Å². The zero-order valence-corrected chi connectivity index (χ0v) is 18.1. The standard InChI is InChI=1S/C23H32N4O3/c1-4-24-23(26-16-20-17-29-21-10-5-6-11-22(21)30-20)25-15-18-8-7-9-19(14-18)28-13-12-27(2)3/h5-11,14,20H,4,12-13,15-17H2,1-3H3,(H2,24,25,26). The van der Waals surface area contributed by atoms with Crippen LogP contribution in [0.25, 0.3) is 0 Å². The van der Waals surface area contributed by atoms with E-state index in [4.69, 9.17) is 19.2 Å². The van der Waals surface area contributed by atoms with Crippen molar-refractivity contribution in [2.24, 2.45) is 4.99 Å². The summed E-state index contributed by atoms with van der Waals surface area (Å²) < 4.78 is 17.6. The van der Waals surface area contributed by atoms with E-state index in [2.05, 4.69) is 21.6 Å². The molecular weight excluding hydrogens is 380 g/mol. The van der Waals surface area contributed by atoms with Gasteiger partial charge in [-0.05, 0) is 50.8 Å². The largest absolute Gasteiger partial charge is 0.492 e. The molecule has 0 amide bonds. The Bertz CT molecular complexity index is 826. The average Bonchev–Trinajstić information content (AvgIpc) is 2.75. The van der Waals surface area contributed by atoms with E-state index in [9.17, 15) is 0 Å². The molecule has 0 aromatic heterocycles. The summed E-state index contributed by atoms with van der Waals surface area (Å²) in [4.78, 5) is 6.80. The molecule has 0 bridgehead atoms. The third-order valence-electron chi connectivity index (χ3n) is 4.53. The number of para-hydroxylation sites is 2. The second-order valence-electron chi connectivity index (χ2n) is 7.37. The molecule has 2 aromatic rings. The fraction of sp³-hybridized carbons (Fsp3) is 0.435. The highest BCUT2D eigenvalue weighted by molar-refractivity contribution is 5.79. The second-order valence-corrected chi connectivity index (χ2v) is 7.37. The van der Waals surface area contributed by atoms with Crippen molar-refractivity contribution < 1.29 is 14.2 Å². The normalized spacial score (nSPS) is 15.7. The van der Waals surface area contributed by atoms with E-state index < -0.39 is 0 Å². The van der Waals surface area contributed by atoms with Gasteiger partial charge < -0.3 is 29.7 Å². The predicted molar refractivity (Wildman–Crippen MR) is 120 cm³/mol. The maximum atomic E-state index is 6.00. The maximum Gasteiger partial charge on any atom is 0.191 e. The second kappa shape index (κ2) is 11.3. The van der Waals surface area contributed by atoms with Crippen LogP contribution in [0.3, 0.4) is 0 Å². The molecule has 0 aliphatic carbocycles. The molecule has 0 fully saturated rings. The van der Waals surface area contributed by atoms with Gasteiger partial charge in [0.05, 0.1) is 13.1 Å². The molecule has 0 saturated carbocycles. The Morgan fingerprint density at radius 3 is 2.77 bits per heavy atom. The molecule has 0 spiro atoms. The zero-order chi connectivity index (χ0) is 21.2. The van der Waals surface area contributed by atoms with E-state index in [1.807, 2.05) is 63.5 Å². The number of nitrogens with zero attached hydrogens (tertiary/aromatic N) is 2. The summed E-state index contributed by atoms with van der Waals surface area (Å²) in [6.07, 6.45) is -0.0721. The first-order valence-corrected chi connectivity index (χ1v) is 10.4. The van der Waals surface area contributed by atoms with Crippen molar-refractivity contribution >= 4 is 5.96 Å². The SMILES string of the molecule is CCNC(=NCc1cccc(OCCN(C)C)c1)NCC1COc2ccccc2O1. The van der Waals surface area contributed by atoms with E-state index in [1.54, 1.807) is 0 Å². The van der Waals surface area contributed by atoms with Crippen LogP contribution in [0.2, 0.25) is 0 Å². The Hall–Kier alpha value is -2.93. The third-order valence-corrected chi connectivity index (χ3v) is 4.53. The molecule has 2 aromatic carbocycles. The molecule has 1 atom stereocenters. The minimum absolute atomic E-state index is 0.0721. The van der Waals surface area contributed by atoms with E-state index in [1.165, 1.54) is 0 Å². The number of hydrogen-bond acceptors (Lipinski definition) is 5. The molecule has 7 nitrogen and oxygen atoms in total. The lowest BCUT2D eigenvalue weighted by atomic mass is 10.2. The van der Waals surface area contributed by atoms with Crippen molar-refractivity contribution in [3.05, 3.63) is 54.1 Å². The summed E-state index contributed by atoms with van der Waals surface area (Å²) in [5, 5.41) is 6.63. The zero-order valence-electron chi connectivity index (χ0n) is 18.1. The van der Waals surface area contributed by atoms with Gasteiger partial charge >= 0.3 is 0 Å². The van der Waals surface area contributed by atoms with Crippen molar-refractivity contribution in [3.63, 3.8) is 0 Å². The molecule has 1 heterocycles. The maximum absolute atomic E-state index is 6.00. The van der Waals surface area contributed by atoms with Crippen LogP contribution in [0, 0.1) is 0 Å². The number of ether oxygens (including phenoxy) is 3. The molecule has 30 heavy (non-hydrogen) atoms. The van der Waals surface area contributed by atoms with Crippen LogP contribution < -0.4 is 24.8 Å². The molecule has 2 N–H and O–H groups in total. The van der Waals surface area contributed by atoms with E-state index >= 15 is 0 Å². The van der Waals surface area contributed by atoms with Crippen LogP contribution in [0.15, 0.2) is 53.5 Å². The topological polar surface area (TPSA) is 67.4 Å². The Morgan fingerprint density at radius 1 is 1.13 bits per heavy atom. The first-order chi connectivity index (χ1) is 14.6. The fourth-order valence-electron chi connectivity index (χ4n) is 2.97. The van der Waals surface area contributed by atoms with E-state index in [-0.39, 0.29) is 6.10 Å². The van der Waals surface area contributed by atoms with Crippen molar-refractivity contribution in [1.29, 1.82) is 0 Å². The van der Waals surface area contributed by atoms with Gasteiger partial charge in [-0.1, -0.05) is 24.3 Å². The summed E-state index contributed by atoms with van der Waals surface area (Å²) in [6.45, 7) is 6.05. The number of likely N-dealkylation sites (N-methyl/N-ethyl adjacent to an activating group) is 1. The van der Waals surface area contributed by atoms with Crippen LogP contribution in [-0.4, -0.2) is 63.9 Å². The van der Waals surface area contributed by atoms with Gasteiger partial charge in [-0.25, -0.2) is 4.99 Å². The summed E-state index contributed by atoms with van der Waals surface area (Å²) in [5.41, 5.74) is 1.10. The predicted octanol–water partition coefficient (Wildman–Crippen LogP) is 2.52. The van der Waals surface area contributed by atoms with Gasteiger partial charge in [0.25, 0.3) is 0 Å². The molecule has 3 rings (SSSR count). The average molecular weight is 413 g/mol. The molecule has 1 unspecified atom stereocenters. The number of hydrogen-bond donors (Lipinski definition) is 2. The van der Waals surface area contributed by atoms with Crippen LogP contribution in [0.1, 0.15) is 12.5 Å². The highest BCUT2D eigenvalue weighted by Gasteiger charge is 2.20. The van der Waals surface area contributed by atoms with Gasteiger partial charge in [0.2, 0.25) is 0 Å². The Morgan fingerprint density at radius 2 is 1.97 bits per heavy atom. The number of nitrogens with one attached hydrogen (secondary N) is 2. The number of benzene rings is 2. The quantitative estimate of drug-likeness (QED) is 0.487. The van der Waals surface area contributed by atoms with Gasteiger partial charge in [-0.3, -0.25) is 0 Å². The third kappa shape index (κ3) is 6.84. The number of guanidine groups is 1. The van der Waals surface area contributed by atoms with Crippen LogP contribution in [0.5, 0.6) is 17.2 Å². The van der Waals surface area contributed by atoms with Gasteiger partial charge in [-0.2, -0.15) is 0 Å². The van der Waals surface area contributed by atoms with E-state index in [0.29, 0.717) is 26.3 Å². The van der Waals surface area contributed by atoms with Crippen molar-refractivity contribution in [1.82, 2.24) is 15.5 Å². The molecule has 162 valence electrons. The number of rotatable bonds is 9. The van der Waals surface area contributed by atoms with Crippen LogP contribution in [-0.2, 0) is 6.54 Å². The summed E-state index contributed by atoms with van der Waals surface area (Å²) in [7, 11) is 4.07. The smallest absolute Gasteiger partial charge is 0.191 e. The van der Waals surface area contributed by atoms with E-state index in [0.717, 1.165) is 41.9 Å². The first-order valence-electron chi connectivity index (χ1n) is 10.4. The minimum Gasteiger partial charge on any atom is -0.492 e. The molecule has 0 saturated heterocycles. The number of fused-ring (bicyclic) bond motifs is 1. The van der Waals surface area contributed by atoms with Gasteiger partial charge in [0.1, 0.15) is 25.1 Å². The highest BCUT2D eigenvalue weighted by Crippen LogP contribution is 2.30. The molecule has 7 heteroatoms. The summed E-state index contributed by atoms with van der Waals surface area (Å²) >= 11 is 0. The van der Waals surface area contributed by atoms with Crippen LogP contribution >= 0.6 is 0 Å². The fourth-order valence-corrected chi connectivity index (χ4v) is 2.97. The minimum atomic E-state index is -0.0721. The van der Waals surface area contributed by atoms with Gasteiger partial charge in [0, 0.05) is 13.1 Å². The Balaban J connectivity index is 1.52. The Labute approximate surface area is 179 Å². The summed E-state index contributed by atoms with van der Waals surface area (Å²) in [6, 6.07) is 15.8. The lowest BCUT2D eigenvalue weighted by Crippen LogP contribution is -2.45. The van der Waals surface area contributed by atoms with Crippen molar-refractivity contribution in [2.45, 2.75) is 19.6 Å². The lowest BCUT2D eigenvalue weighted by Gasteiger charge is -2.27. The molecule has 0 radical (unpaired) electrons. The van der Waals surface area contributed by atoms with Crippen molar-refractivity contribution in [3.8, 4) is 17.2 Å². The first kappa shape index (κ1) is 21.8. The molecular formula is C23H32N4O3. The molecule has 1 aliphatic heterocycles. The van der Waals surface area contributed by atoms with Gasteiger partial charge in [0.15, 0.2) is 17.5 Å². The monoisotopic (exact) mass is 412 g/mol. The molecule has 1 aliphatic rings. The number of aliphatic imine (C=N–C) groups is 1. The van der Waals surface area contributed by atoms with Crippen molar-refractivity contribution in [2.75, 3.05) is 46.9 Å². The highest BCUT2D eigenvalue weighted by atomic mass is 16.6. The van der Waals surface area contributed by atoms with Crippen LogP contribution in [0.4, 0.5) is 0 Å². The summed E-state index contributed by atoms with van der Waals surface area (Å²) in [5.74, 6) is 3.19. The lowest BCUT2D eigenvalue weighted by molar-refractivity contribution is 0.0936.